The Labute approximate surface area is 163 Å². The van der Waals surface area contributed by atoms with E-state index < -0.39 is 5.97 Å². The van der Waals surface area contributed by atoms with Crippen molar-refractivity contribution in [2.45, 2.75) is 56.5 Å². The summed E-state index contributed by atoms with van der Waals surface area (Å²) in [5.74, 6) is 0.527. The van der Waals surface area contributed by atoms with Crippen LogP contribution in [0.4, 0.5) is 0 Å². The van der Waals surface area contributed by atoms with E-state index in [-0.39, 0.29) is 17.8 Å². The first kappa shape index (κ1) is 17.7. The van der Waals surface area contributed by atoms with Crippen LogP contribution in [0.1, 0.15) is 61.6 Å². The maximum absolute atomic E-state index is 11.1. The normalized spacial score (nSPS) is 25.4. The lowest BCUT2D eigenvalue weighted by Crippen LogP contribution is -2.38. The van der Waals surface area contributed by atoms with Gasteiger partial charge in [0.1, 0.15) is 11.9 Å². The van der Waals surface area contributed by atoms with Crippen LogP contribution in [0.2, 0.25) is 0 Å². The number of ether oxygens (including phenoxy) is 2. The quantitative estimate of drug-likeness (QED) is 0.813. The largest absolute Gasteiger partial charge is 0.508 e. The van der Waals surface area contributed by atoms with Gasteiger partial charge < -0.3 is 19.7 Å². The summed E-state index contributed by atoms with van der Waals surface area (Å²) in [7, 11) is 0. The number of pyridine rings is 1. The van der Waals surface area contributed by atoms with Crippen LogP contribution in [0.25, 0.3) is 10.8 Å². The van der Waals surface area contributed by atoms with Gasteiger partial charge in [0.25, 0.3) is 0 Å². The lowest BCUT2D eigenvalue weighted by molar-refractivity contribution is -0.148. The van der Waals surface area contributed by atoms with Crippen molar-refractivity contribution in [3.63, 3.8) is 0 Å². The first-order valence-electron chi connectivity index (χ1n) is 10.2. The van der Waals surface area contributed by atoms with E-state index in [9.17, 15) is 9.90 Å². The minimum Gasteiger partial charge on any atom is -0.508 e. The number of aromatic nitrogens is 1. The standard InChI is InChI=1S/C22H25NO5/c24-15-3-4-17-18(11-15)21(28-16-9-14(10-16)22(25)26)23-20(19(17)12-1-2-12)13-5-7-27-8-6-13/h3-4,11-14,16,24H,1-2,5-10H2,(H,25,26). The number of nitrogens with zero attached hydrogens (tertiary/aromatic N) is 1. The summed E-state index contributed by atoms with van der Waals surface area (Å²) in [6.45, 7) is 1.51. The molecule has 6 nitrogen and oxygen atoms in total. The van der Waals surface area contributed by atoms with Crippen molar-refractivity contribution in [3.8, 4) is 11.6 Å². The topological polar surface area (TPSA) is 88.9 Å². The molecule has 2 aromatic rings. The third kappa shape index (κ3) is 3.20. The zero-order valence-corrected chi connectivity index (χ0v) is 15.8. The Morgan fingerprint density at radius 3 is 2.50 bits per heavy atom. The minimum atomic E-state index is -0.762. The number of phenols is 1. The molecule has 0 spiro atoms. The molecule has 2 N–H and O–H groups in total. The van der Waals surface area contributed by atoms with Crippen molar-refractivity contribution in [2.24, 2.45) is 5.92 Å². The molecule has 0 unspecified atom stereocenters. The Balaban J connectivity index is 1.57. The van der Waals surface area contributed by atoms with E-state index in [1.807, 2.05) is 6.07 Å². The van der Waals surface area contributed by atoms with Crippen LogP contribution in [0.3, 0.4) is 0 Å². The summed E-state index contributed by atoms with van der Waals surface area (Å²) in [5, 5.41) is 21.1. The SMILES string of the molecule is O=C(O)C1CC(Oc2nc(C3CCOCC3)c(C3CC3)c3ccc(O)cc23)C1. The summed E-state index contributed by atoms with van der Waals surface area (Å²) in [6.07, 6.45) is 5.16. The third-order valence-electron chi connectivity index (χ3n) is 6.34. The van der Waals surface area contributed by atoms with Crippen LogP contribution in [-0.2, 0) is 9.53 Å². The predicted molar refractivity (Wildman–Crippen MR) is 103 cm³/mol. The van der Waals surface area contributed by atoms with Gasteiger partial charge in [0.15, 0.2) is 0 Å². The number of hydrogen-bond acceptors (Lipinski definition) is 5. The molecule has 0 atom stereocenters. The van der Waals surface area contributed by atoms with Crippen LogP contribution >= 0.6 is 0 Å². The summed E-state index contributed by atoms with van der Waals surface area (Å²) in [6, 6.07) is 5.44. The van der Waals surface area contributed by atoms with Crippen molar-refractivity contribution >= 4 is 16.7 Å². The molecule has 148 valence electrons. The average Bonchev–Trinajstić information content (AvgIpc) is 3.49. The van der Waals surface area contributed by atoms with Gasteiger partial charge in [-0.25, -0.2) is 4.98 Å². The predicted octanol–water partition coefficient (Wildman–Crippen LogP) is 3.95. The van der Waals surface area contributed by atoms with E-state index in [4.69, 9.17) is 19.6 Å². The van der Waals surface area contributed by atoms with Gasteiger partial charge in [-0.2, -0.15) is 0 Å². The van der Waals surface area contributed by atoms with Gasteiger partial charge in [0, 0.05) is 24.5 Å². The molecule has 2 aliphatic carbocycles. The van der Waals surface area contributed by atoms with Gasteiger partial charge in [0.05, 0.1) is 11.6 Å². The van der Waals surface area contributed by atoms with Crippen LogP contribution in [0.15, 0.2) is 18.2 Å². The van der Waals surface area contributed by atoms with Gasteiger partial charge >= 0.3 is 5.97 Å². The van der Waals surface area contributed by atoms with Gasteiger partial charge in [-0.1, -0.05) is 6.07 Å². The van der Waals surface area contributed by atoms with Crippen molar-refractivity contribution in [1.82, 2.24) is 4.98 Å². The Kier molecular flexibility index (Phi) is 4.38. The molecule has 0 radical (unpaired) electrons. The fraction of sp³-hybridized carbons (Fsp3) is 0.545. The summed E-state index contributed by atoms with van der Waals surface area (Å²) in [5.41, 5.74) is 2.43. The fourth-order valence-corrected chi connectivity index (χ4v) is 4.51. The highest BCUT2D eigenvalue weighted by atomic mass is 16.5. The van der Waals surface area contributed by atoms with Crippen molar-refractivity contribution in [3.05, 3.63) is 29.5 Å². The monoisotopic (exact) mass is 383 g/mol. The van der Waals surface area contributed by atoms with Gasteiger partial charge in [0.2, 0.25) is 5.88 Å². The van der Waals surface area contributed by atoms with Crippen LogP contribution < -0.4 is 4.74 Å². The number of benzene rings is 1. The number of rotatable bonds is 5. The lowest BCUT2D eigenvalue weighted by Gasteiger charge is -2.33. The Hall–Kier alpha value is -2.34. The summed E-state index contributed by atoms with van der Waals surface area (Å²) < 4.78 is 11.7. The molecule has 1 saturated heterocycles. The minimum absolute atomic E-state index is 0.131. The highest BCUT2D eigenvalue weighted by molar-refractivity contribution is 5.92. The Morgan fingerprint density at radius 1 is 1.07 bits per heavy atom. The number of phenolic OH excluding ortho intramolecular Hbond substituents is 1. The third-order valence-corrected chi connectivity index (χ3v) is 6.34. The second-order valence-electron chi connectivity index (χ2n) is 8.35. The van der Waals surface area contributed by atoms with Gasteiger partial charge in [-0.05, 0) is 67.5 Å². The van der Waals surface area contributed by atoms with Crippen LogP contribution in [-0.4, -0.2) is 40.5 Å². The van der Waals surface area contributed by atoms with Crippen LogP contribution in [0.5, 0.6) is 11.6 Å². The molecule has 1 aromatic carbocycles. The first-order chi connectivity index (χ1) is 13.6. The molecular weight excluding hydrogens is 358 g/mol. The lowest BCUT2D eigenvalue weighted by atomic mass is 9.82. The number of carboxylic acids is 1. The van der Waals surface area contributed by atoms with E-state index in [2.05, 4.69) is 0 Å². The van der Waals surface area contributed by atoms with Crippen LogP contribution in [0, 0.1) is 5.92 Å². The average molecular weight is 383 g/mol. The molecule has 2 saturated carbocycles. The summed E-state index contributed by atoms with van der Waals surface area (Å²) in [4.78, 5) is 16.1. The molecule has 6 heteroatoms. The maximum atomic E-state index is 11.1. The Morgan fingerprint density at radius 2 is 1.82 bits per heavy atom. The Bertz CT molecular complexity index is 911. The van der Waals surface area contributed by atoms with Crippen molar-refractivity contribution < 1.29 is 24.5 Å². The second-order valence-corrected chi connectivity index (χ2v) is 8.35. The van der Waals surface area contributed by atoms with E-state index in [0.29, 0.717) is 30.6 Å². The number of fused-ring (bicyclic) bond motifs is 1. The number of hydrogen-bond donors (Lipinski definition) is 2. The molecule has 0 bridgehead atoms. The molecule has 2 heterocycles. The molecule has 28 heavy (non-hydrogen) atoms. The maximum Gasteiger partial charge on any atom is 0.306 e. The molecule has 5 rings (SSSR count). The molecule has 0 amide bonds. The zero-order valence-electron chi connectivity index (χ0n) is 15.8. The molecule has 1 aromatic heterocycles. The van der Waals surface area contributed by atoms with Crippen molar-refractivity contribution in [1.29, 1.82) is 0 Å². The van der Waals surface area contributed by atoms with Crippen molar-refractivity contribution in [2.75, 3.05) is 13.2 Å². The highest BCUT2D eigenvalue weighted by Gasteiger charge is 2.38. The summed E-state index contributed by atoms with van der Waals surface area (Å²) >= 11 is 0. The van der Waals surface area contributed by atoms with Gasteiger partial charge in [-0.3, -0.25) is 4.79 Å². The second kappa shape index (κ2) is 6.92. The number of aromatic hydroxyl groups is 1. The van der Waals surface area contributed by atoms with E-state index in [1.54, 1.807) is 12.1 Å². The van der Waals surface area contributed by atoms with E-state index >= 15 is 0 Å². The fourth-order valence-electron chi connectivity index (χ4n) is 4.51. The number of carbonyl (C=O) groups is 1. The number of aliphatic carboxylic acids is 1. The number of carboxylic acid groups (broad SMARTS) is 1. The molecule has 3 fully saturated rings. The highest BCUT2D eigenvalue weighted by Crippen LogP contribution is 2.49. The molecule has 3 aliphatic rings. The smallest absolute Gasteiger partial charge is 0.306 e. The molecular formula is C22H25NO5. The zero-order chi connectivity index (χ0) is 19.3. The van der Waals surface area contributed by atoms with Gasteiger partial charge in [-0.15, -0.1) is 0 Å². The van der Waals surface area contributed by atoms with E-state index in [1.165, 1.54) is 18.4 Å². The molecule has 1 aliphatic heterocycles. The first-order valence-corrected chi connectivity index (χ1v) is 10.2. The van der Waals surface area contributed by atoms with E-state index in [0.717, 1.165) is 42.5 Å².